The SMILES string of the molecule is C=C[C@@H]1C[C@]1(NC(=O)[C@@H]1C[C@@H](Oc2cc(C(=O)CBr)nc3cc(OC)c(C)cc23)CN1C(=O)[C@@H](NC(=O)NC1CCCC1)C(C)(C)C)C(=O)OC. The van der Waals surface area contributed by atoms with Crippen molar-refractivity contribution in [1.29, 1.82) is 0 Å². The third-order valence-electron chi connectivity index (χ3n) is 10.1. The smallest absolute Gasteiger partial charge is 0.332 e. The normalized spacial score (nSPS) is 23.7. The number of nitrogens with one attached hydrogen (secondary N) is 3. The second-order valence-electron chi connectivity index (χ2n) is 14.8. The molecular formula is C37H48BrN5O8. The number of ether oxygens (including phenoxy) is 3. The van der Waals surface area contributed by atoms with E-state index >= 15 is 0 Å². The maximum Gasteiger partial charge on any atom is 0.332 e. The summed E-state index contributed by atoms with van der Waals surface area (Å²) < 4.78 is 17.1. The van der Waals surface area contributed by atoms with Crippen LogP contribution in [0.25, 0.3) is 10.9 Å². The number of likely N-dealkylation sites (tertiary alicyclic amines) is 1. The molecule has 1 aliphatic heterocycles. The van der Waals surface area contributed by atoms with Crippen LogP contribution in [0.4, 0.5) is 4.79 Å². The topological polar surface area (TPSA) is 165 Å². The van der Waals surface area contributed by atoms with E-state index in [2.05, 4.69) is 43.4 Å². The van der Waals surface area contributed by atoms with Crippen molar-refractivity contribution in [2.75, 3.05) is 26.1 Å². The van der Waals surface area contributed by atoms with Crippen molar-refractivity contribution in [1.82, 2.24) is 25.8 Å². The minimum atomic E-state index is -1.28. The Hall–Kier alpha value is -4.20. The highest BCUT2D eigenvalue weighted by Crippen LogP contribution is 2.46. The monoisotopic (exact) mass is 769 g/mol. The molecule has 0 unspecified atom stereocenters. The zero-order valence-corrected chi connectivity index (χ0v) is 31.7. The summed E-state index contributed by atoms with van der Waals surface area (Å²) in [4.78, 5) is 73.5. The molecule has 0 radical (unpaired) electrons. The Morgan fingerprint density at radius 2 is 1.82 bits per heavy atom. The molecule has 2 aliphatic carbocycles. The van der Waals surface area contributed by atoms with Crippen LogP contribution in [0.2, 0.25) is 0 Å². The van der Waals surface area contributed by atoms with Gasteiger partial charge in [-0.25, -0.2) is 14.6 Å². The number of hydrogen-bond donors (Lipinski definition) is 3. The lowest BCUT2D eigenvalue weighted by Crippen LogP contribution is -2.60. The number of urea groups is 1. The van der Waals surface area contributed by atoms with E-state index in [0.717, 1.165) is 31.2 Å². The Balaban J connectivity index is 1.49. The number of fused-ring (bicyclic) bond motifs is 1. The van der Waals surface area contributed by atoms with Gasteiger partial charge in [-0.15, -0.1) is 6.58 Å². The highest BCUT2D eigenvalue weighted by molar-refractivity contribution is 9.09. The van der Waals surface area contributed by atoms with Crippen LogP contribution in [0, 0.1) is 18.3 Å². The van der Waals surface area contributed by atoms with Crippen molar-refractivity contribution < 1.29 is 38.2 Å². The molecule has 13 nitrogen and oxygen atoms in total. The van der Waals surface area contributed by atoms with Gasteiger partial charge in [0, 0.05) is 35.9 Å². The molecule has 3 N–H and O–H groups in total. The van der Waals surface area contributed by atoms with Gasteiger partial charge < -0.3 is 35.1 Å². The van der Waals surface area contributed by atoms with Crippen LogP contribution in [0.15, 0.2) is 30.9 Å². The highest BCUT2D eigenvalue weighted by atomic mass is 79.9. The first-order valence-electron chi connectivity index (χ1n) is 17.3. The fourth-order valence-corrected chi connectivity index (χ4v) is 7.43. The minimum absolute atomic E-state index is 0.00773. The van der Waals surface area contributed by atoms with Crippen LogP contribution < -0.4 is 25.4 Å². The van der Waals surface area contributed by atoms with E-state index in [4.69, 9.17) is 14.2 Å². The number of rotatable bonds is 12. The number of hydrogen-bond acceptors (Lipinski definition) is 9. The van der Waals surface area contributed by atoms with E-state index in [1.807, 2.05) is 33.8 Å². The predicted molar refractivity (Wildman–Crippen MR) is 194 cm³/mol. The quantitative estimate of drug-likeness (QED) is 0.123. The van der Waals surface area contributed by atoms with E-state index in [0.29, 0.717) is 28.8 Å². The van der Waals surface area contributed by atoms with Gasteiger partial charge in [0.15, 0.2) is 5.78 Å². The predicted octanol–water partition coefficient (Wildman–Crippen LogP) is 4.37. The number of nitrogens with zero attached hydrogens (tertiary/aromatic N) is 2. The number of ketones is 1. The Labute approximate surface area is 306 Å². The summed E-state index contributed by atoms with van der Waals surface area (Å²) in [5.74, 6) is -1.25. The zero-order valence-electron chi connectivity index (χ0n) is 30.1. The molecule has 1 saturated heterocycles. The number of aromatic nitrogens is 1. The first kappa shape index (κ1) is 38.0. The minimum Gasteiger partial charge on any atom is -0.496 e. The second-order valence-corrected chi connectivity index (χ2v) is 15.3. The molecule has 3 aliphatic rings. The lowest BCUT2D eigenvalue weighted by molar-refractivity contribution is -0.148. The van der Waals surface area contributed by atoms with E-state index in [9.17, 15) is 24.0 Å². The number of amides is 4. The molecule has 14 heteroatoms. The molecule has 2 aromatic rings. The second kappa shape index (κ2) is 15.2. The van der Waals surface area contributed by atoms with Gasteiger partial charge in [-0.2, -0.15) is 0 Å². The summed E-state index contributed by atoms with van der Waals surface area (Å²) >= 11 is 3.22. The number of alkyl halides is 1. The van der Waals surface area contributed by atoms with Crippen LogP contribution in [-0.2, 0) is 19.1 Å². The van der Waals surface area contributed by atoms with Gasteiger partial charge in [0.2, 0.25) is 11.8 Å². The number of carbonyl (C=O) groups is 5. The average Bonchev–Trinajstić information content (AvgIpc) is 3.36. The van der Waals surface area contributed by atoms with Gasteiger partial charge in [0.05, 0.1) is 31.6 Å². The summed E-state index contributed by atoms with van der Waals surface area (Å²) in [6, 6.07) is 2.69. The van der Waals surface area contributed by atoms with Gasteiger partial charge in [-0.1, -0.05) is 55.6 Å². The molecule has 0 bridgehead atoms. The average molecular weight is 771 g/mol. The molecule has 2 heterocycles. The van der Waals surface area contributed by atoms with Crippen LogP contribution in [0.3, 0.4) is 0 Å². The van der Waals surface area contributed by atoms with E-state index < -0.39 is 53.0 Å². The highest BCUT2D eigenvalue weighted by Gasteiger charge is 2.62. The van der Waals surface area contributed by atoms with Gasteiger partial charge in [-0.3, -0.25) is 14.4 Å². The zero-order chi connectivity index (χ0) is 37.2. The summed E-state index contributed by atoms with van der Waals surface area (Å²) in [5.41, 5.74) is -0.540. The maximum absolute atomic E-state index is 14.5. The Morgan fingerprint density at radius 1 is 1.12 bits per heavy atom. The van der Waals surface area contributed by atoms with Crippen molar-refractivity contribution in [3.8, 4) is 11.5 Å². The number of benzene rings is 1. The number of carbonyl (C=O) groups excluding carboxylic acids is 5. The number of Topliss-reactive ketones (excluding diaryl/α,β-unsaturated/α-hetero) is 1. The van der Waals surface area contributed by atoms with Crippen molar-refractivity contribution in [3.63, 3.8) is 0 Å². The molecule has 1 aromatic carbocycles. The van der Waals surface area contributed by atoms with Crippen molar-refractivity contribution >= 4 is 56.4 Å². The first-order valence-corrected chi connectivity index (χ1v) is 18.4. The molecule has 276 valence electrons. The van der Waals surface area contributed by atoms with Crippen LogP contribution in [0.5, 0.6) is 11.5 Å². The standard InChI is InChI=1S/C37H48BrN5O8/c1-8-21-17-37(21,34(47)50-7)42-32(45)27-14-23(19-43(27)33(46)31(36(3,4)5)41-35(48)39-22-11-9-10-12-22)51-30-16-26(28(44)18-38)40-25-15-29(49-6)20(2)13-24(25)30/h8,13,15-16,21-23,27,31H,1,9-12,14,17-19H2,2-7H3,(H,42,45)(H2,39,41,48)/t21-,23-,27+,31-,37-/m1/s1. The van der Waals surface area contributed by atoms with Crippen molar-refractivity contribution in [3.05, 3.63) is 42.1 Å². The number of pyridine rings is 1. The van der Waals surface area contributed by atoms with Gasteiger partial charge >= 0.3 is 12.0 Å². The lowest BCUT2D eigenvalue weighted by Gasteiger charge is -2.35. The summed E-state index contributed by atoms with van der Waals surface area (Å²) in [5, 5.41) is 9.42. The molecule has 4 amide bonds. The largest absolute Gasteiger partial charge is 0.496 e. The van der Waals surface area contributed by atoms with Crippen LogP contribution in [-0.4, -0.2) is 95.3 Å². The number of methoxy groups -OCH3 is 2. The molecule has 3 fully saturated rings. The molecule has 0 spiro atoms. The van der Waals surface area contributed by atoms with E-state index in [1.165, 1.54) is 12.0 Å². The molecular weight excluding hydrogens is 722 g/mol. The van der Waals surface area contributed by atoms with Crippen LogP contribution in [0.1, 0.15) is 75.3 Å². The van der Waals surface area contributed by atoms with Crippen molar-refractivity contribution in [2.45, 2.75) is 96.0 Å². The molecule has 5 atom stereocenters. The van der Waals surface area contributed by atoms with Crippen molar-refractivity contribution in [2.24, 2.45) is 11.3 Å². The Morgan fingerprint density at radius 3 is 2.41 bits per heavy atom. The fraction of sp³-hybridized carbons (Fsp3) is 0.568. The van der Waals surface area contributed by atoms with E-state index in [1.54, 1.807) is 25.3 Å². The van der Waals surface area contributed by atoms with Gasteiger partial charge in [0.25, 0.3) is 0 Å². The van der Waals surface area contributed by atoms with Gasteiger partial charge in [-0.05, 0) is 43.2 Å². The Bertz CT molecular complexity index is 1720. The summed E-state index contributed by atoms with van der Waals surface area (Å²) in [6.07, 6.45) is 5.09. The molecule has 1 aromatic heterocycles. The number of esters is 1. The Kier molecular flexibility index (Phi) is 11.3. The molecule has 2 saturated carbocycles. The third-order valence-corrected chi connectivity index (χ3v) is 10.6. The molecule has 51 heavy (non-hydrogen) atoms. The fourth-order valence-electron chi connectivity index (χ4n) is 7.14. The summed E-state index contributed by atoms with van der Waals surface area (Å²) in [7, 11) is 2.81. The lowest BCUT2D eigenvalue weighted by atomic mass is 9.85. The third kappa shape index (κ3) is 8.00. The van der Waals surface area contributed by atoms with Crippen LogP contribution >= 0.6 is 15.9 Å². The molecule has 5 rings (SSSR count). The maximum atomic E-state index is 14.5. The van der Waals surface area contributed by atoms with Gasteiger partial charge in [0.1, 0.15) is 40.9 Å². The number of aryl methyl sites for hydroxylation is 1. The first-order chi connectivity index (χ1) is 24.1. The number of halogens is 1. The summed E-state index contributed by atoms with van der Waals surface area (Å²) in [6.45, 7) is 11.2. The van der Waals surface area contributed by atoms with E-state index in [-0.39, 0.29) is 41.7 Å².